The predicted octanol–water partition coefficient (Wildman–Crippen LogP) is 4.50. The fourth-order valence-corrected chi connectivity index (χ4v) is 2.90. The number of fused-ring (bicyclic) bond motifs is 1. The fourth-order valence-electron chi connectivity index (χ4n) is 2.90. The number of H-pyrrole nitrogens is 1. The van der Waals surface area contributed by atoms with Crippen molar-refractivity contribution in [1.82, 2.24) is 15.3 Å². The summed E-state index contributed by atoms with van der Waals surface area (Å²) in [6.45, 7) is 6.26. The van der Waals surface area contributed by atoms with Gasteiger partial charge in [-0.25, -0.2) is 4.98 Å². The normalized spacial score (nSPS) is 12.5. The highest BCUT2D eigenvalue weighted by atomic mass is 16.1. The maximum absolute atomic E-state index is 12.2. The molecular weight excluding hydrogens is 310 g/mol. The number of benzene rings is 2. The van der Waals surface area contributed by atoms with Crippen molar-refractivity contribution in [2.24, 2.45) is 0 Å². The van der Waals surface area contributed by atoms with Crippen molar-refractivity contribution in [2.75, 3.05) is 0 Å². The van der Waals surface area contributed by atoms with Gasteiger partial charge in [0.2, 0.25) is 5.91 Å². The quantitative estimate of drug-likeness (QED) is 0.697. The summed E-state index contributed by atoms with van der Waals surface area (Å²) in [7, 11) is 0. The van der Waals surface area contributed by atoms with Gasteiger partial charge < -0.3 is 10.3 Å². The van der Waals surface area contributed by atoms with Gasteiger partial charge in [0.15, 0.2) is 0 Å². The SMILES string of the molecule is CC(C)c1nc2ccc(CCC(=O)N[C@H](C)c3ccccc3)cc2[nH]1. The average molecular weight is 335 g/mol. The van der Waals surface area contributed by atoms with E-state index in [0.717, 1.165) is 34.4 Å². The Morgan fingerprint density at radius 2 is 1.88 bits per heavy atom. The zero-order valence-corrected chi connectivity index (χ0v) is 15.0. The molecule has 0 aliphatic rings. The molecule has 0 saturated heterocycles. The number of imidazole rings is 1. The third-order valence-electron chi connectivity index (χ3n) is 4.43. The minimum Gasteiger partial charge on any atom is -0.350 e. The second kappa shape index (κ2) is 7.51. The van der Waals surface area contributed by atoms with E-state index in [1.54, 1.807) is 0 Å². The zero-order valence-electron chi connectivity index (χ0n) is 15.0. The summed E-state index contributed by atoms with van der Waals surface area (Å²) in [5.74, 6) is 1.45. The summed E-state index contributed by atoms with van der Waals surface area (Å²) in [6.07, 6.45) is 1.20. The average Bonchev–Trinajstić information content (AvgIpc) is 3.04. The molecule has 0 aliphatic carbocycles. The molecule has 130 valence electrons. The number of nitrogens with zero attached hydrogens (tertiary/aromatic N) is 1. The van der Waals surface area contributed by atoms with E-state index in [9.17, 15) is 4.79 Å². The molecule has 0 fully saturated rings. The molecule has 25 heavy (non-hydrogen) atoms. The number of aromatic nitrogens is 2. The van der Waals surface area contributed by atoms with Crippen molar-refractivity contribution in [2.45, 2.75) is 45.6 Å². The summed E-state index contributed by atoms with van der Waals surface area (Å²) in [4.78, 5) is 20.2. The molecule has 4 nitrogen and oxygen atoms in total. The highest BCUT2D eigenvalue weighted by Gasteiger charge is 2.10. The van der Waals surface area contributed by atoms with Crippen LogP contribution in [0.2, 0.25) is 0 Å². The highest BCUT2D eigenvalue weighted by molar-refractivity contribution is 5.78. The molecule has 1 heterocycles. The minimum atomic E-state index is 0.0254. The van der Waals surface area contributed by atoms with Crippen LogP contribution in [0.4, 0.5) is 0 Å². The van der Waals surface area contributed by atoms with Crippen LogP contribution in [0.15, 0.2) is 48.5 Å². The number of rotatable bonds is 6. The van der Waals surface area contributed by atoms with E-state index in [1.807, 2.05) is 43.3 Å². The maximum atomic E-state index is 12.2. The standard InChI is InChI=1S/C21H25N3O/c1-14(2)21-23-18-11-9-16(13-19(18)24-21)10-12-20(25)22-15(3)17-7-5-4-6-8-17/h4-9,11,13-15H,10,12H2,1-3H3,(H,22,25)(H,23,24)/t15-/m1/s1. The molecular formula is C21H25N3O. The van der Waals surface area contributed by atoms with Crippen LogP contribution in [0.5, 0.6) is 0 Å². The second-order valence-electron chi connectivity index (χ2n) is 6.83. The van der Waals surface area contributed by atoms with E-state index in [2.05, 4.69) is 41.3 Å². The topological polar surface area (TPSA) is 57.8 Å². The number of amides is 1. The van der Waals surface area contributed by atoms with E-state index >= 15 is 0 Å². The van der Waals surface area contributed by atoms with E-state index in [1.165, 1.54) is 0 Å². The van der Waals surface area contributed by atoms with Gasteiger partial charge in [0.25, 0.3) is 0 Å². The van der Waals surface area contributed by atoms with Gasteiger partial charge in [-0.2, -0.15) is 0 Å². The van der Waals surface area contributed by atoms with Crippen LogP contribution in [-0.2, 0) is 11.2 Å². The third kappa shape index (κ3) is 4.27. The van der Waals surface area contributed by atoms with Gasteiger partial charge in [0, 0.05) is 12.3 Å². The van der Waals surface area contributed by atoms with Crippen LogP contribution in [0.1, 0.15) is 56.1 Å². The van der Waals surface area contributed by atoms with Gasteiger partial charge in [0.05, 0.1) is 17.1 Å². The molecule has 2 N–H and O–H groups in total. The number of aryl methyl sites for hydroxylation is 1. The van der Waals surface area contributed by atoms with Gasteiger partial charge in [-0.1, -0.05) is 50.2 Å². The third-order valence-corrected chi connectivity index (χ3v) is 4.43. The lowest BCUT2D eigenvalue weighted by Crippen LogP contribution is -2.26. The first-order valence-electron chi connectivity index (χ1n) is 8.86. The van der Waals surface area contributed by atoms with Gasteiger partial charge in [0.1, 0.15) is 5.82 Å². The van der Waals surface area contributed by atoms with Gasteiger partial charge >= 0.3 is 0 Å². The number of nitrogens with one attached hydrogen (secondary N) is 2. The molecule has 0 spiro atoms. The fraction of sp³-hybridized carbons (Fsp3) is 0.333. The first-order valence-corrected chi connectivity index (χ1v) is 8.86. The first-order chi connectivity index (χ1) is 12.0. The Balaban J connectivity index is 1.59. The van der Waals surface area contributed by atoms with Crippen molar-refractivity contribution in [1.29, 1.82) is 0 Å². The molecule has 0 saturated carbocycles. The Hall–Kier alpha value is -2.62. The van der Waals surface area contributed by atoms with Gasteiger partial charge in [-0.05, 0) is 36.6 Å². The van der Waals surface area contributed by atoms with Crippen molar-refractivity contribution in [3.05, 3.63) is 65.5 Å². The molecule has 1 amide bonds. The van der Waals surface area contributed by atoms with Crippen LogP contribution in [0.25, 0.3) is 11.0 Å². The lowest BCUT2D eigenvalue weighted by Gasteiger charge is -2.14. The van der Waals surface area contributed by atoms with E-state index in [-0.39, 0.29) is 11.9 Å². The molecule has 3 rings (SSSR count). The zero-order chi connectivity index (χ0) is 17.8. The van der Waals surface area contributed by atoms with Crippen molar-refractivity contribution in [3.8, 4) is 0 Å². The molecule has 0 unspecified atom stereocenters. The molecule has 0 bridgehead atoms. The second-order valence-corrected chi connectivity index (χ2v) is 6.83. The van der Waals surface area contributed by atoms with Crippen molar-refractivity contribution >= 4 is 16.9 Å². The molecule has 0 aliphatic heterocycles. The summed E-state index contributed by atoms with van der Waals surface area (Å²) >= 11 is 0. The van der Waals surface area contributed by atoms with Crippen molar-refractivity contribution in [3.63, 3.8) is 0 Å². The van der Waals surface area contributed by atoms with Crippen LogP contribution < -0.4 is 5.32 Å². The largest absolute Gasteiger partial charge is 0.350 e. The van der Waals surface area contributed by atoms with Gasteiger partial charge in [-0.15, -0.1) is 0 Å². The van der Waals surface area contributed by atoms with Gasteiger partial charge in [-0.3, -0.25) is 4.79 Å². The Kier molecular flexibility index (Phi) is 5.17. The first kappa shape index (κ1) is 17.2. The smallest absolute Gasteiger partial charge is 0.220 e. The number of aromatic amines is 1. The maximum Gasteiger partial charge on any atom is 0.220 e. The van der Waals surface area contributed by atoms with Crippen LogP contribution in [0.3, 0.4) is 0 Å². The Morgan fingerprint density at radius 3 is 2.60 bits per heavy atom. The number of hydrogen-bond acceptors (Lipinski definition) is 2. The minimum absolute atomic E-state index is 0.0254. The Bertz CT molecular complexity index is 852. The monoisotopic (exact) mass is 335 g/mol. The molecule has 3 aromatic rings. The lowest BCUT2D eigenvalue weighted by molar-refractivity contribution is -0.121. The lowest BCUT2D eigenvalue weighted by atomic mass is 10.1. The van der Waals surface area contributed by atoms with E-state index in [4.69, 9.17) is 0 Å². The van der Waals surface area contributed by atoms with Crippen molar-refractivity contribution < 1.29 is 4.79 Å². The predicted molar refractivity (Wildman–Crippen MR) is 102 cm³/mol. The molecule has 1 atom stereocenters. The number of carbonyl (C=O) groups is 1. The summed E-state index contributed by atoms with van der Waals surface area (Å²) in [6, 6.07) is 16.2. The Labute approximate surface area is 148 Å². The van der Waals surface area contributed by atoms with Crippen LogP contribution >= 0.6 is 0 Å². The molecule has 4 heteroatoms. The molecule has 1 aromatic heterocycles. The summed E-state index contributed by atoms with van der Waals surface area (Å²) in [5.41, 5.74) is 4.29. The van der Waals surface area contributed by atoms with E-state index < -0.39 is 0 Å². The number of carbonyl (C=O) groups excluding carboxylic acids is 1. The summed E-state index contributed by atoms with van der Waals surface area (Å²) in [5, 5.41) is 3.06. The number of hydrogen-bond donors (Lipinski definition) is 2. The highest BCUT2D eigenvalue weighted by Crippen LogP contribution is 2.19. The van der Waals surface area contributed by atoms with Crippen LogP contribution in [0, 0.1) is 0 Å². The molecule has 0 radical (unpaired) electrons. The van der Waals surface area contributed by atoms with E-state index in [0.29, 0.717) is 12.3 Å². The molecule has 2 aromatic carbocycles. The summed E-state index contributed by atoms with van der Waals surface area (Å²) < 4.78 is 0. The van der Waals surface area contributed by atoms with Crippen LogP contribution in [-0.4, -0.2) is 15.9 Å². The Morgan fingerprint density at radius 1 is 1.12 bits per heavy atom.